The zero-order valence-electron chi connectivity index (χ0n) is 16.0. The Morgan fingerprint density at radius 3 is 2.89 bits per heavy atom. The molecule has 3 aromatic rings. The van der Waals surface area contributed by atoms with Gasteiger partial charge in [0.05, 0.1) is 12.0 Å². The number of piperidine rings is 1. The van der Waals surface area contributed by atoms with Crippen molar-refractivity contribution in [3.05, 3.63) is 58.0 Å². The number of carbonyl (C=O) groups excluding carboxylic acids is 1. The van der Waals surface area contributed by atoms with Crippen LogP contribution in [0.2, 0.25) is 0 Å². The van der Waals surface area contributed by atoms with Crippen molar-refractivity contribution in [3.63, 3.8) is 0 Å². The van der Waals surface area contributed by atoms with Crippen molar-refractivity contribution in [2.45, 2.75) is 32.7 Å². The number of aryl methyl sites for hydroxylation is 1. The average Bonchev–Trinajstić information content (AvgIpc) is 3.13. The molecule has 2 atom stereocenters. The number of amides is 1. The first-order valence-electron chi connectivity index (χ1n) is 9.49. The van der Waals surface area contributed by atoms with E-state index in [4.69, 9.17) is 0 Å². The van der Waals surface area contributed by atoms with Gasteiger partial charge in [-0.2, -0.15) is 4.52 Å². The first kappa shape index (κ1) is 18.6. The van der Waals surface area contributed by atoms with Crippen LogP contribution in [-0.4, -0.2) is 33.6 Å². The molecular formula is C20H23N5O2S. The van der Waals surface area contributed by atoms with Crippen LogP contribution in [-0.2, 0) is 4.79 Å². The van der Waals surface area contributed by atoms with Crippen molar-refractivity contribution in [2.75, 3.05) is 18.0 Å². The Balaban J connectivity index is 1.48. The Kier molecular flexibility index (Phi) is 5.13. The molecular weight excluding hydrogens is 374 g/mol. The highest BCUT2D eigenvalue weighted by Crippen LogP contribution is 2.27. The number of nitrogens with one attached hydrogen (secondary N) is 1. The SMILES string of the molecule is Cc1cc(=O)n2nc(N3CCC[C@@H](C(=O)N[C@H](C)c4ccccc4)C3)sc2n1. The first-order valence-corrected chi connectivity index (χ1v) is 10.3. The van der Waals surface area contributed by atoms with E-state index in [1.807, 2.05) is 37.3 Å². The predicted octanol–water partition coefficient (Wildman–Crippen LogP) is 2.55. The molecule has 0 saturated carbocycles. The number of hydrogen-bond donors (Lipinski definition) is 1. The van der Waals surface area contributed by atoms with E-state index in [1.165, 1.54) is 21.9 Å². The minimum Gasteiger partial charge on any atom is -0.349 e. The Hall–Kier alpha value is -2.74. The quantitative estimate of drug-likeness (QED) is 0.732. The lowest BCUT2D eigenvalue weighted by molar-refractivity contribution is -0.125. The number of rotatable bonds is 4. The molecule has 7 nitrogen and oxygen atoms in total. The second kappa shape index (κ2) is 7.71. The van der Waals surface area contributed by atoms with Crippen LogP contribution in [0.1, 0.15) is 37.1 Å². The topological polar surface area (TPSA) is 79.6 Å². The van der Waals surface area contributed by atoms with Gasteiger partial charge in [-0.15, -0.1) is 5.10 Å². The number of hydrogen-bond acceptors (Lipinski definition) is 6. The molecule has 1 aliphatic heterocycles. The van der Waals surface area contributed by atoms with Gasteiger partial charge < -0.3 is 10.2 Å². The van der Waals surface area contributed by atoms with Gasteiger partial charge in [0.15, 0.2) is 0 Å². The summed E-state index contributed by atoms with van der Waals surface area (Å²) in [5, 5.41) is 8.30. The van der Waals surface area contributed by atoms with Crippen LogP contribution < -0.4 is 15.8 Å². The summed E-state index contributed by atoms with van der Waals surface area (Å²) in [5.74, 6) is -0.0355. The molecule has 1 saturated heterocycles. The maximum atomic E-state index is 12.8. The van der Waals surface area contributed by atoms with Gasteiger partial charge in [-0.25, -0.2) is 4.98 Å². The maximum Gasteiger partial charge on any atom is 0.275 e. The van der Waals surface area contributed by atoms with Crippen LogP contribution in [0.25, 0.3) is 4.96 Å². The Morgan fingerprint density at radius 2 is 2.11 bits per heavy atom. The van der Waals surface area contributed by atoms with E-state index in [9.17, 15) is 9.59 Å². The minimum absolute atomic E-state index is 0.0303. The molecule has 3 heterocycles. The van der Waals surface area contributed by atoms with Crippen LogP contribution in [0, 0.1) is 12.8 Å². The summed E-state index contributed by atoms with van der Waals surface area (Å²) in [6, 6.07) is 11.4. The van der Waals surface area contributed by atoms with Gasteiger partial charge in [-0.1, -0.05) is 41.7 Å². The third-order valence-corrected chi connectivity index (χ3v) is 6.05. The first-order chi connectivity index (χ1) is 13.5. The van der Waals surface area contributed by atoms with Crippen LogP contribution in [0.5, 0.6) is 0 Å². The summed E-state index contributed by atoms with van der Waals surface area (Å²) in [6.45, 7) is 5.23. The van der Waals surface area contributed by atoms with E-state index in [-0.39, 0.29) is 23.4 Å². The molecule has 1 fully saturated rings. The van der Waals surface area contributed by atoms with Crippen LogP contribution >= 0.6 is 11.3 Å². The lowest BCUT2D eigenvalue weighted by Gasteiger charge is -2.32. The third-order valence-electron chi connectivity index (χ3n) is 5.08. The molecule has 146 valence electrons. The fourth-order valence-corrected chi connectivity index (χ4v) is 4.55. The lowest BCUT2D eigenvalue weighted by Crippen LogP contribution is -2.43. The largest absolute Gasteiger partial charge is 0.349 e. The normalized spacial score (nSPS) is 18.2. The molecule has 2 aromatic heterocycles. The number of benzene rings is 1. The number of aromatic nitrogens is 3. The van der Waals surface area contributed by atoms with Crippen LogP contribution in [0.15, 0.2) is 41.2 Å². The minimum atomic E-state index is -0.173. The monoisotopic (exact) mass is 397 g/mol. The van der Waals surface area contributed by atoms with Crippen LogP contribution in [0.4, 0.5) is 5.13 Å². The fraction of sp³-hybridized carbons (Fsp3) is 0.400. The summed E-state index contributed by atoms with van der Waals surface area (Å²) in [6.07, 6.45) is 1.77. The molecule has 8 heteroatoms. The molecule has 1 aromatic carbocycles. The van der Waals surface area contributed by atoms with E-state index in [2.05, 4.69) is 20.3 Å². The van der Waals surface area contributed by atoms with E-state index in [0.717, 1.165) is 30.1 Å². The fourth-order valence-electron chi connectivity index (χ4n) is 3.56. The van der Waals surface area contributed by atoms with E-state index >= 15 is 0 Å². The Morgan fingerprint density at radius 1 is 1.32 bits per heavy atom. The molecule has 4 rings (SSSR count). The average molecular weight is 398 g/mol. The molecule has 0 unspecified atom stereocenters. The number of anilines is 1. The molecule has 1 N–H and O–H groups in total. The highest BCUT2D eigenvalue weighted by atomic mass is 32.1. The smallest absolute Gasteiger partial charge is 0.275 e. The maximum absolute atomic E-state index is 12.8. The van der Waals surface area contributed by atoms with Crippen molar-refractivity contribution in [3.8, 4) is 0 Å². The zero-order valence-corrected chi connectivity index (χ0v) is 16.8. The van der Waals surface area contributed by atoms with Crippen molar-refractivity contribution in [2.24, 2.45) is 5.92 Å². The number of carbonyl (C=O) groups is 1. The zero-order chi connectivity index (χ0) is 19.7. The van der Waals surface area contributed by atoms with Gasteiger partial charge in [-0.05, 0) is 32.3 Å². The third kappa shape index (κ3) is 3.77. The molecule has 0 spiro atoms. The van der Waals surface area contributed by atoms with E-state index in [0.29, 0.717) is 17.2 Å². The summed E-state index contributed by atoms with van der Waals surface area (Å²) in [5.41, 5.74) is 1.61. The van der Waals surface area contributed by atoms with Crippen LogP contribution in [0.3, 0.4) is 0 Å². The van der Waals surface area contributed by atoms with Gasteiger partial charge in [0, 0.05) is 24.8 Å². The molecule has 0 bridgehead atoms. The van der Waals surface area contributed by atoms with Crippen molar-refractivity contribution in [1.29, 1.82) is 0 Å². The van der Waals surface area contributed by atoms with E-state index < -0.39 is 0 Å². The highest BCUT2D eigenvalue weighted by molar-refractivity contribution is 7.20. The molecule has 0 aliphatic carbocycles. The number of nitrogens with zero attached hydrogens (tertiary/aromatic N) is 4. The van der Waals surface area contributed by atoms with Gasteiger partial charge in [0.25, 0.3) is 5.56 Å². The van der Waals surface area contributed by atoms with Crippen molar-refractivity contribution in [1.82, 2.24) is 19.9 Å². The van der Waals surface area contributed by atoms with Gasteiger partial charge in [0.1, 0.15) is 0 Å². The van der Waals surface area contributed by atoms with Gasteiger partial charge in [-0.3, -0.25) is 9.59 Å². The van der Waals surface area contributed by atoms with Gasteiger partial charge >= 0.3 is 0 Å². The molecule has 28 heavy (non-hydrogen) atoms. The summed E-state index contributed by atoms with van der Waals surface area (Å²) in [4.78, 5) is 32.0. The summed E-state index contributed by atoms with van der Waals surface area (Å²) in [7, 11) is 0. The highest BCUT2D eigenvalue weighted by Gasteiger charge is 2.28. The van der Waals surface area contributed by atoms with Crippen molar-refractivity contribution < 1.29 is 4.79 Å². The lowest BCUT2D eigenvalue weighted by atomic mass is 9.96. The predicted molar refractivity (Wildman–Crippen MR) is 110 cm³/mol. The molecule has 1 amide bonds. The Bertz CT molecular complexity index is 1050. The summed E-state index contributed by atoms with van der Waals surface area (Å²) < 4.78 is 1.34. The van der Waals surface area contributed by atoms with E-state index in [1.54, 1.807) is 6.92 Å². The molecule has 1 aliphatic rings. The molecule has 0 radical (unpaired) electrons. The standard InChI is InChI=1S/C20H23N5O2S/c1-13-11-17(26)25-19(21-13)28-20(23-25)24-10-6-9-16(12-24)18(27)22-14(2)15-7-4-3-5-8-15/h3-5,7-8,11,14,16H,6,9-10,12H2,1-2H3,(H,22,27)/t14-,16-/m1/s1. The Labute approximate surface area is 167 Å². The van der Waals surface area contributed by atoms with Crippen molar-refractivity contribution >= 4 is 27.3 Å². The second-order valence-electron chi connectivity index (χ2n) is 7.24. The van der Waals surface area contributed by atoms with Gasteiger partial charge in [0.2, 0.25) is 16.0 Å². The number of fused-ring (bicyclic) bond motifs is 1. The summed E-state index contributed by atoms with van der Waals surface area (Å²) >= 11 is 1.39. The second-order valence-corrected chi connectivity index (χ2v) is 8.18.